The van der Waals surface area contributed by atoms with Crippen LogP contribution in [0.25, 0.3) is 232 Å². The summed E-state index contributed by atoms with van der Waals surface area (Å²) in [5.74, 6) is 1.99. The van der Waals surface area contributed by atoms with E-state index in [1.807, 2.05) is 12.1 Å². The second-order valence-corrected chi connectivity index (χ2v) is 30.4. The van der Waals surface area contributed by atoms with Crippen LogP contribution in [0.2, 0.25) is 0 Å². The Hall–Kier alpha value is -15.6. The van der Waals surface area contributed by atoms with Crippen molar-refractivity contribution in [3.63, 3.8) is 0 Å². The Balaban J connectivity index is 0.724. The molecule has 115 heavy (non-hydrogen) atoms. The van der Waals surface area contributed by atoms with Gasteiger partial charge in [-0.05, 0) is 214 Å². The summed E-state index contributed by atoms with van der Waals surface area (Å²) in [6.07, 6.45) is 0. The fourth-order valence-corrected chi connectivity index (χ4v) is 19.1. The average Bonchev–Trinajstić information content (AvgIpc) is 1.57. The van der Waals surface area contributed by atoms with Gasteiger partial charge in [0.2, 0.25) is 5.95 Å². The van der Waals surface area contributed by atoms with E-state index in [0.717, 1.165) is 172 Å². The normalized spacial score (nSPS) is 12.2. The molecule has 0 fully saturated rings. The van der Waals surface area contributed by atoms with Gasteiger partial charge in [0.15, 0.2) is 0 Å². The van der Waals surface area contributed by atoms with Gasteiger partial charge in [-0.3, -0.25) is 13.7 Å². The predicted molar refractivity (Wildman–Crippen MR) is 477 cm³/mol. The zero-order valence-electron chi connectivity index (χ0n) is 61.9. The lowest BCUT2D eigenvalue weighted by atomic mass is 9.98. The number of fused-ring (bicyclic) bond motifs is 21. The molecule has 25 rings (SSSR count). The van der Waals surface area contributed by atoms with E-state index in [4.69, 9.17) is 14.4 Å². The molecule has 0 saturated carbocycles. The molecule has 0 radical (unpaired) electrons. The fourth-order valence-electron chi connectivity index (χ4n) is 19.1. The molecule has 0 amide bonds. The van der Waals surface area contributed by atoms with E-state index in [-0.39, 0.29) is 0 Å². The standard InChI is InChI=1S/C106H64N8O/c1-4-22-73(23-5-1)109-90-34-16-10-28-76(90)82-56-65(40-48-95(82)109)68-46-54-101-86(60-68)80-32-14-20-38-94(80)114(101)106-107-104(112-93-37-19-13-31-79(93)85-59-69(43-51-98(85)112)72-47-55-103-89(63-72)81-33-15-21-39-102(81)115-103)64-105(108-106)113-99-52-44-70(66-41-49-96-83(57-66)77-29-11-17-35-91(77)110(96)74-24-6-2-7-25-74)61-87(99)88-62-71(45-53-100(88)113)67-42-50-97-84(58-67)78-30-12-18-36-92(78)111(97)75-26-8-3-9-27-75/h1-64H. The van der Waals surface area contributed by atoms with Gasteiger partial charge in [-0.25, -0.2) is 0 Å². The molecule has 0 aliphatic heterocycles. The first-order chi connectivity index (χ1) is 57.0. The first-order valence-corrected chi connectivity index (χ1v) is 39.3. The van der Waals surface area contributed by atoms with Gasteiger partial charge in [0, 0.05) is 98.5 Å². The van der Waals surface area contributed by atoms with Crippen molar-refractivity contribution >= 4 is 153 Å². The highest BCUT2D eigenvalue weighted by molar-refractivity contribution is 6.18. The molecule has 9 nitrogen and oxygen atoms in total. The van der Waals surface area contributed by atoms with Crippen LogP contribution in [0, 0.1) is 0 Å². The van der Waals surface area contributed by atoms with E-state index >= 15 is 0 Å². The van der Waals surface area contributed by atoms with Crippen LogP contribution in [0.1, 0.15) is 0 Å². The molecule has 8 heterocycles. The van der Waals surface area contributed by atoms with E-state index in [0.29, 0.717) is 5.95 Å². The van der Waals surface area contributed by atoms with Crippen molar-refractivity contribution in [1.82, 2.24) is 37.4 Å². The van der Waals surface area contributed by atoms with Crippen LogP contribution in [0.15, 0.2) is 393 Å². The third-order valence-corrected chi connectivity index (χ3v) is 24.2. The SMILES string of the molecule is c1ccc(-n2c3ccccc3c3cc(-c4ccc5c(c4)c4cc(-c6ccc7c(c6)c6ccccc6n7-c6ccccc6)ccc4n5-c4cc(-n5c6ccccc6c6cc(-c7ccc8oc9ccccc9c8c7)ccc65)nc(-n5c6ccccc6c6cc(-c7ccc8c(c7)c7ccccc7n8-c7ccccc7)ccc65)n4)ccc32)cc1. The van der Waals surface area contributed by atoms with Gasteiger partial charge in [-0.1, -0.05) is 212 Å². The number of hydrogen-bond donors (Lipinski definition) is 0. The van der Waals surface area contributed by atoms with E-state index in [1.165, 1.54) is 54.4 Å². The Morgan fingerprint density at radius 1 is 0.157 bits per heavy atom. The smallest absolute Gasteiger partial charge is 0.238 e. The van der Waals surface area contributed by atoms with Gasteiger partial charge < -0.3 is 18.1 Å². The molecule has 534 valence electrons. The van der Waals surface area contributed by atoms with E-state index in [9.17, 15) is 0 Å². The van der Waals surface area contributed by atoms with Gasteiger partial charge in [0.1, 0.15) is 22.8 Å². The molecule has 0 aliphatic carbocycles. The Labute approximate surface area is 657 Å². The summed E-state index contributed by atoms with van der Waals surface area (Å²) in [6.45, 7) is 0. The first kappa shape index (κ1) is 63.2. The quantitative estimate of drug-likeness (QED) is 0.137. The number of furan rings is 1. The summed E-state index contributed by atoms with van der Waals surface area (Å²) >= 11 is 0. The minimum atomic E-state index is 0.541. The molecule has 9 heteroatoms. The van der Waals surface area contributed by atoms with Crippen molar-refractivity contribution in [3.8, 4) is 79.2 Å². The molecule has 25 aromatic rings. The lowest BCUT2D eigenvalue weighted by Crippen LogP contribution is -2.10. The van der Waals surface area contributed by atoms with Gasteiger partial charge in [-0.2, -0.15) is 9.97 Å². The van der Waals surface area contributed by atoms with E-state index in [2.05, 4.69) is 404 Å². The van der Waals surface area contributed by atoms with Crippen molar-refractivity contribution in [3.05, 3.63) is 388 Å². The molecule has 0 spiro atoms. The van der Waals surface area contributed by atoms with Gasteiger partial charge >= 0.3 is 0 Å². The van der Waals surface area contributed by atoms with Crippen LogP contribution >= 0.6 is 0 Å². The summed E-state index contributed by atoms with van der Waals surface area (Å²) < 4.78 is 20.5. The number of nitrogens with zero attached hydrogens (tertiary/aromatic N) is 8. The topological polar surface area (TPSA) is 68.5 Å². The maximum absolute atomic E-state index is 6.35. The molecule has 8 aromatic heterocycles. The number of rotatable bonds is 10. The minimum absolute atomic E-state index is 0.541. The highest BCUT2D eigenvalue weighted by atomic mass is 16.3. The molecule has 0 unspecified atom stereocenters. The van der Waals surface area contributed by atoms with E-state index < -0.39 is 0 Å². The Morgan fingerprint density at radius 2 is 0.383 bits per heavy atom. The summed E-state index contributed by atoms with van der Waals surface area (Å²) in [6, 6.07) is 142. The second-order valence-electron chi connectivity index (χ2n) is 30.4. The summed E-state index contributed by atoms with van der Waals surface area (Å²) in [5, 5.41) is 16.1. The average molecular weight is 1470 g/mol. The molecule has 0 atom stereocenters. The van der Waals surface area contributed by atoms with Crippen molar-refractivity contribution in [2.45, 2.75) is 0 Å². The first-order valence-electron chi connectivity index (χ1n) is 39.3. The van der Waals surface area contributed by atoms with Crippen LogP contribution in [-0.4, -0.2) is 37.4 Å². The highest BCUT2D eigenvalue weighted by Gasteiger charge is 2.26. The van der Waals surface area contributed by atoms with Crippen LogP contribution < -0.4 is 0 Å². The zero-order chi connectivity index (χ0) is 75.1. The number of para-hydroxylation sites is 9. The van der Waals surface area contributed by atoms with Crippen molar-refractivity contribution in [2.75, 3.05) is 0 Å². The number of hydrogen-bond acceptors (Lipinski definition) is 3. The molecule has 17 aromatic carbocycles. The maximum atomic E-state index is 6.35. The van der Waals surface area contributed by atoms with Crippen molar-refractivity contribution < 1.29 is 4.42 Å². The van der Waals surface area contributed by atoms with Gasteiger partial charge in [0.25, 0.3) is 0 Å². The third-order valence-electron chi connectivity index (χ3n) is 24.2. The lowest BCUT2D eigenvalue weighted by Gasteiger charge is -2.15. The van der Waals surface area contributed by atoms with Gasteiger partial charge in [0.05, 0.1) is 66.2 Å². The van der Waals surface area contributed by atoms with Crippen LogP contribution in [0.3, 0.4) is 0 Å². The number of benzene rings is 17. The minimum Gasteiger partial charge on any atom is -0.456 e. The molecular formula is C106H64N8O. The maximum Gasteiger partial charge on any atom is 0.238 e. The molecule has 0 bridgehead atoms. The largest absolute Gasteiger partial charge is 0.456 e. The number of aromatic nitrogens is 8. The molecular weight excluding hydrogens is 1400 g/mol. The summed E-state index contributed by atoms with van der Waals surface area (Å²) in [7, 11) is 0. The summed E-state index contributed by atoms with van der Waals surface area (Å²) in [5.41, 5.74) is 27.2. The molecule has 0 saturated heterocycles. The predicted octanol–water partition coefficient (Wildman–Crippen LogP) is 27.6. The Kier molecular flexibility index (Phi) is 13.4. The van der Waals surface area contributed by atoms with Crippen LogP contribution in [0.4, 0.5) is 0 Å². The van der Waals surface area contributed by atoms with Crippen molar-refractivity contribution in [2.24, 2.45) is 0 Å². The van der Waals surface area contributed by atoms with Crippen LogP contribution in [0.5, 0.6) is 0 Å². The fraction of sp³-hybridized carbons (Fsp3) is 0. The lowest BCUT2D eigenvalue weighted by molar-refractivity contribution is 0.669. The molecule has 0 aliphatic rings. The van der Waals surface area contributed by atoms with Crippen molar-refractivity contribution in [1.29, 1.82) is 0 Å². The Morgan fingerprint density at radius 3 is 0.722 bits per heavy atom. The highest BCUT2D eigenvalue weighted by Crippen LogP contribution is 2.46. The Bertz CT molecular complexity index is 8200. The van der Waals surface area contributed by atoms with E-state index in [1.54, 1.807) is 0 Å². The third kappa shape index (κ3) is 9.50. The molecule has 0 N–H and O–H groups in total. The second kappa shape index (κ2) is 24.5. The zero-order valence-corrected chi connectivity index (χ0v) is 61.9. The van der Waals surface area contributed by atoms with Crippen LogP contribution in [-0.2, 0) is 0 Å². The van der Waals surface area contributed by atoms with Gasteiger partial charge in [-0.15, -0.1) is 0 Å². The monoisotopic (exact) mass is 1460 g/mol. The summed E-state index contributed by atoms with van der Waals surface area (Å²) in [4.78, 5) is 11.9.